The predicted octanol–water partition coefficient (Wildman–Crippen LogP) is 2.65. The molecule has 1 aliphatic carbocycles. The van der Waals surface area contributed by atoms with E-state index < -0.39 is 15.6 Å². The molecule has 94 valence electrons. The maximum absolute atomic E-state index is 12.3. The van der Waals surface area contributed by atoms with E-state index in [2.05, 4.69) is 5.32 Å². The summed E-state index contributed by atoms with van der Waals surface area (Å²) in [6.07, 6.45) is 3.38. The quantitative estimate of drug-likeness (QED) is 0.906. The van der Waals surface area contributed by atoms with Crippen molar-refractivity contribution < 1.29 is 17.2 Å². The Balaban J connectivity index is 2.12. The van der Waals surface area contributed by atoms with Crippen LogP contribution in [0.25, 0.3) is 0 Å². The van der Waals surface area contributed by atoms with Crippen LogP contribution >= 0.6 is 0 Å². The summed E-state index contributed by atoms with van der Waals surface area (Å²) in [5.41, 5.74) is 0.767. The average Bonchev–Trinajstić information content (AvgIpc) is 2.24. The molecular weight excluding hydrogens is 248 g/mol. The fourth-order valence-corrected chi connectivity index (χ4v) is 2.35. The first-order chi connectivity index (χ1) is 8.00. The zero-order chi connectivity index (χ0) is 12.5. The fraction of sp³-hybridized carbons (Fsp3) is 0.455. The van der Waals surface area contributed by atoms with Crippen molar-refractivity contribution >= 4 is 15.5 Å². The highest BCUT2D eigenvalue weighted by molar-refractivity contribution is 7.91. The lowest BCUT2D eigenvalue weighted by Crippen LogP contribution is -2.26. The largest absolute Gasteiger partial charge is 0.382 e. The van der Waals surface area contributed by atoms with Gasteiger partial charge in [-0.05, 0) is 43.5 Å². The van der Waals surface area contributed by atoms with E-state index in [0.717, 1.165) is 18.5 Å². The molecule has 0 bridgehead atoms. The van der Waals surface area contributed by atoms with Gasteiger partial charge in [-0.25, -0.2) is 8.42 Å². The number of rotatable bonds is 4. The molecule has 1 N–H and O–H groups in total. The molecule has 1 saturated carbocycles. The highest BCUT2D eigenvalue weighted by Crippen LogP contribution is 2.25. The molecule has 17 heavy (non-hydrogen) atoms. The van der Waals surface area contributed by atoms with Crippen molar-refractivity contribution in [1.82, 2.24) is 0 Å². The van der Waals surface area contributed by atoms with Gasteiger partial charge in [0.25, 0.3) is 0 Å². The summed E-state index contributed by atoms with van der Waals surface area (Å²) < 4.78 is 46.9. The molecule has 0 amide bonds. The minimum Gasteiger partial charge on any atom is -0.382 e. The molecule has 0 saturated heterocycles. The number of alkyl halides is 2. The second-order valence-corrected chi connectivity index (χ2v) is 6.02. The zero-order valence-corrected chi connectivity index (χ0v) is 9.88. The number of halogens is 2. The van der Waals surface area contributed by atoms with Crippen molar-refractivity contribution in [3.8, 4) is 0 Å². The molecule has 3 nitrogen and oxygen atoms in total. The van der Waals surface area contributed by atoms with Gasteiger partial charge in [0, 0.05) is 11.7 Å². The Bertz CT molecular complexity index is 481. The van der Waals surface area contributed by atoms with Crippen molar-refractivity contribution in [2.75, 3.05) is 5.32 Å². The monoisotopic (exact) mass is 261 g/mol. The summed E-state index contributed by atoms with van der Waals surface area (Å²) in [6.45, 7) is 0. The van der Waals surface area contributed by atoms with Gasteiger partial charge in [-0.2, -0.15) is 8.78 Å². The maximum Gasteiger partial charge on any atom is 0.341 e. The molecule has 0 heterocycles. The molecular formula is C11H13F2NO2S. The zero-order valence-electron chi connectivity index (χ0n) is 9.07. The fourth-order valence-electron chi connectivity index (χ4n) is 1.63. The molecule has 1 aliphatic rings. The van der Waals surface area contributed by atoms with E-state index in [9.17, 15) is 17.2 Å². The van der Waals surface area contributed by atoms with Gasteiger partial charge in [0.1, 0.15) is 0 Å². The van der Waals surface area contributed by atoms with Gasteiger partial charge in [-0.1, -0.05) is 0 Å². The number of sulfone groups is 1. The van der Waals surface area contributed by atoms with Crippen molar-refractivity contribution in [1.29, 1.82) is 0 Å². The van der Waals surface area contributed by atoms with Crippen molar-refractivity contribution in [3.63, 3.8) is 0 Å². The first-order valence-corrected chi connectivity index (χ1v) is 6.93. The van der Waals surface area contributed by atoms with E-state index in [1.54, 1.807) is 0 Å². The van der Waals surface area contributed by atoms with E-state index in [1.165, 1.54) is 30.7 Å². The van der Waals surface area contributed by atoms with Crippen LogP contribution in [0.5, 0.6) is 0 Å². The molecule has 2 rings (SSSR count). The molecule has 1 fully saturated rings. The third-order valence-electron chi connectivity index (χ3n) is 2.89. The average molecular weight is 261 g/mol. The summed E-state index contributed by atoms with van der Waals surface area (Å²) in [7, 11) is -4.47. The Hall–Kier alpha value is -1.17. The van der Waals surface area contributed by atoms with Crippen LogP contribution in [-0.4, -0.2) is 20.2 Å². The van der Waals surface area contributed by atoms with Crippen molar-refractivity contribution in [3.05, 3.63) is 24.3 Å². The Kier molecular flexibility index (Phi) is 3.33. The number of benzene rings is 1. The van der Waals surface area contributed by atoms with Gasteiger partial charge in [0.05, 0.1) is 4.90 Å². The Morgan fingerprint density at radius 3 is 2.18 bits per heavy atom. The van der Waals surface area contributed by atoms with E-state index in [4.69, 9.17) is 0 Å². The second kappa shape index (κ2) is 4.60. The minimum absolute atomic E-state index is 0.341. The van der Waals surface area contributed by atoms with Crippen molar-refractivity contribution in [2.24, 2.45) is 0 Å². The summed E-state index contributed by atoms with van der Waals surface area (Å²) in [5, 5.41) is 3.20. The van der Waals surface area contributed by atoms with E-state index in [1.807, 2.05) is 0 Å². The first-order valence-electron chi connectivity index (χ1n) is 5.39. The maximum atomic E-state index is 12.3. The van der Waals surface area contributed by atoms with Crippen LogP contribution in [0, 0.1) is 0 Å². The first kappa shape index (κ1) is 12.3. The molecule has 0 atom stereocenters. The van der Waals surface area contributed by atoms with Crippen LogP contribution in [-0.2, 0) is 9.84 Å². The van der Waals surface area contributed by atoms with Crippen LogP contribution < -0.4 is 5.32 Å². The molecule has 1 aromatic rings. The van der Waals surface area contributed by atoms with Crippen LogP contribution in [0.2, 0.25) is 0 Å². The van der Waals surface area contributed by atoms with E-state index in [0.29, 0.717) is 6.04 Å². The number of hydrogen-bond acceptors (Lipinski definition) is 3. The molecule has 0 aromatic heterocycles. The molecule has 0 radical (unpaired) electrons. The SMILES string of the molecule is O=S(=O)(c1ccc(NC2CCC2)cc1)C(F)F. The topological polar surface area (TPSA) is 46.2 Å². The van der Waals surface area contributed by atoms with Crippen LogP contribution in [0.3, 0.4) is 0 Å². The smallest absolute Gasteiger partial charge is 0.341 e. The third-order valence-corrected chi connectivity index (χ3v) is 4.29. The summed E-state index contributed by atoms with van der Waals surface area (Å²) in [5.74, 6) is -3.37. The summed E-state index contributed by atoms with van der Waals surface area (Å²) in [4.78, 5) is -0.341. The molecule has 1 aromatic carbocycles. The lowest BCUT2D eigenvalue weighted by Gasteiger charge is -2.27. The van der Waals surface area contributed by atoms with Crippen LogP contribution in [0.15, 0.2) is 29.2 Å². The number of hydrogen-bond donors (Lipinski definition) is 1. The Morgan fingerprint density at radius 1 is 1.18 bits per heavy atom. The minimum atomic E-state index is -4.47. The Labute approximate surface area is 98.8 Å². The molecule has 0 aliphatic heterocycles. The van der Waals surface area contributed by atoms with Gasteiger partial charge in [-0.15, -0.1) is 0 Å². The van der Waals surface area contributed by atoms with E-state index >= 15 is 0 Å². The summed E-state index contributed by atoms with van der Waals surface area (Å²) >= 11 is 0. The van der Waals surface area contributed by atoms with Gasteiger partial charge in [0.2, 0.25) is 9.84 Å². The lowest BCUT2D eigenvalue weighted by molar-refractivity contribution is 0.234. The highest BCUT2D eigenvalue weighted by atomic mass is 32.2. The standard InChI is InChI=1S/C11H13F2NO2S/c12-11(13)17(15,16)10-6-4-9(5-7-10)14-8-2-1-3-8/h4-8,11,14H,1-3H2. The Morgan fingerprint density at radius 2 is 1.76 bits per heavy atom. The number of nitrogens with one attached hydrogen (secondary N) is 1. The number of anilines is 1. The van der Waals surface area contributed by atoms with Crippen LogP contribution in [0.4, 0.5) is 14.5 Å². The molecule has 6 heteroatoms. The van der Waals surface area contributed by atoms with Gasteiger partial charge < -0.3 is 5.32 Å². The third kappa shape index (κ3) is 2.57. The molecule has 0 spiro atoms. The van der Waals surface area contributed by atoms with Gasteiger partial charge >= 0.3 is 5.76 Å². The van der Waals surface area contributed by atoms with E-state index in [-0.39, 0.29) is 4.90 Å². The highest BCUT2D eigenvalue weighted by Gasteiger charge is 2.26. The second-order valence-electron chi connectivity index (χ2n) is 4.10. The van der Waals surface area contributed by atoms with Crippen LogP contribution in [0.1, 0.15) is 19.3 Å². The summed E-state index contributed by atoms with van der Waals surface area (Å²) in [6, 6.07) is 5.89. The molecule has 0 unspecified atom stereocenters. The van der Waals surface area contributed by atoms with Gasteiger partial charge in [-0.3, -0.25) is 0 Å². The lowest BCUT2D eigenvalue weighted by atomic mass is 9.93. The van der Waals surface area contributed by atoms with Crippen molar-refractivity contribution in [2.45, 2.75) is 36.0 Å². The predicted molar refractivity (Wildman–Crippen MR) is 60.9 cm³/mol. The van der Waals surface area contributed by atoms with Gasteiger partial charge in [0.15, 0.2) is 0 Å². The normalized spacial score (nSPS) is 16.9.